The third-order valence-corrected chi connectivity index (χ3v) is 3.15. The minimum Gasteiger partial charge on any atom is -0.372 e. The molecule has 0 fully saturated rings. The molecular weight excluding hydrogens is 214 g/mol. The normalized spacial score (nSPS) is 21.9. The van der Waals surface area contributed by atoms with Crippen LogP contribution in [0.15, 0.2) is 23.2 Å². The van der Waals surface area contributed by atoms with Gasteiger partial charge in [0.25, 0.3) is 0 Å². The molecule has 0 aromatic heterocycles. The van der Waals surface area contributed by atoms with E-state index in [9.17, 15) is 0 Å². The highest BCUT2D eigenvalue weighted by molar-refractivity contribution is 5.81. The molecule has 1 atom stereocenters. The van der Waals surface area contributed by atoms with E-state index in [1.807, 2.05) is 0 Å². The van der Waals surface area contributed by atoms with Gasteiger partial charge in [0.2, 0.25) is 0 Å². The zero-order valence-corrected chi connectivity index (χ0v) is 9.99. The highest BCUT2D eigenvalue weighted by Gasteiger charge is 2.13. The topological polar surface area (TPSA) is 45.7 Å². The van der Waals surface area contributed by atoms with E-state index in [-0.39, 0.29) is 0 Å². The average Bonchev–Trinajstić information content (AvgIpc) is 2.94. The number of ether oxygens (including phenoxy) is 1. The molecule has 1 unspecified atom stereocenters. The molecule has 0 amide bonds. The van der Waals surface area contributed by atoms with Gasteiger partial charge in [0, 0.05) is 12.6 Å². The maximum absolute atomic E-state index is 5.41. The lowest BCUT2D eigenvalue weighted by Crippen LogP contribution is -2.37. The summed E-state index contributed by atoms with van der Waals surface area (Å²) in [6.07, 6.45) is 0. The van der Waals surface area contributed by atoms with Gasteiger partial charge in [-0.15, -0.1) is 0 Å². The van der Waals surface area contributed by atoms with Gasteiger partial charge in [-0.1, -0.05) is 18.2 Å². The quantitative estimate of drug-likeness (QED) is 0.802. The zero-order chi connectivity index (χ0) is 11.7. The van der Waals surface area contributed by atoms with Gasteiger partial charge < -0.3 is 15.4 Å². The lowest BCUT2D eigenvalue weighted by Gasteiger charge is -2.09. The molecule has 2 heterocycles. The van der Waals surface area contributed by atoms with Gasteiger partial charge >= 0.3 is 0 Å². The molecule has 4 nitrogen and oxygen atoms in total. The van der Waals surface area contributed by atoms with Crippen LogP contribution in [0.2, 0.25) is 0 Å². The van der Waals surface area contributed by atoms with Gasteiger partial charge in [0.1, 0.15) is 0 Å². The molecule has 1 aromatic carbocycles. The van der Waals surface area contributed by atoms with Crippen molar-refractivity contribution in [3.05, 3.63) is 34.9 Å². The fourth-order valence-electron chi connectivity index (χ4n) is 2.18. The van der Waals surface area contributed by atoms with Crippen LogP contribution < -0.4 is 10.6 Å². The number of fused-ring (bicyclic) bond motifs is 1. The molecule has 0 aliphatic carbocycles. The smallest absolute Gasteiger partial charge is 0.191 e. The Kier molecular flexibility index (Phi) is 2.73. The fraction of sp³-hybridized carbons (Fsp3) is 0.462. The van der Waals surface area contributed by atoms with Crippen molar-refractivity contribution in [1.82, 2.24) is 10.6 Å². The summed E-state index contributed by atoms with van der Waals surface area (Å²) in [5.41, 5.74) is 3.91. The summed E-state index contributed by atoms with van der Waals surface area (Å²) in [5, 5.41) is 6.61. The molecule has 2 aliphatic rings. The Labute approximate surface area is 101 Å². The summed E-state index contributed by atoms with van der Waals surface area (Å²) in [5.74, 6) is 0.911. The maximum atomic E-state index is 5.41. The average molecular weight is 231 g/mol. The Morgan fingerprint density at radius 1 is 1.41 bits per heavy atom. The van der Waals surface area contributed by atoms with E-state index in [1.165, 1.54) is 16.7 Å². The summed E-state index contributed by atoms with van der Waals surface area (Å²) in [6, 6.07) is 6.98. The van der Waals surface area contributed by atoms with E-state index in [0.29, 0.717) is 6.04 Å². The number of nitrogens with zero attached hydrogens (tertiary/aromatic N) is 1. The third kappa shape index (κ3) is 2.26. The van der Waals surface area contributed by atoms with Crippen LogP contribution in [0.5, 0.6) is 0 Å². The molecule has 0 spiro atoms. The highest BCUT2D eigenvalue weighted by atomic mass is 16.5. The van der Waals surface area contributed by atoms with Gasteiger partial charge in [-0.3, -0.25) is 4.99 Å². The van der Waals surface area contributed by atoms with Crippen LogP contribution in [0.1, 0.15) is 23.6 Å². The van der Waals surface area contributed by atoms with Crippen molar-refractivity contribution in [3.63, 3.8) is 0 Å². The van der Waals surface area contributed by atoms with Gasteiger partial charge in [0.05, 0.1) is 19.8 Å². The minimum absolute atomic E-state index is 0.450. The lowest BCUT2D eigenvalue weighted by molar-refractivity contribution is 0.134. The SMILES string of the molecule is CC1CN=C(NCc2ccc3c(c2)COC3)N1. The van der Waals surface area contributed by atoms with E-state index in [2.05, 4.69) is 40.7 Å². The van der Waals surface area contributed by atoms with Gasteiger partial charge in [0.15, 0.2) is 5.96 Å². The van der Waals surface area contributed by atoms with E-state index in [0.717, 1.165) is 32.3 Å². The van der Waals surface area contributed by atoms with Crippen LogP contribution in [0.4, 0.5) is 0 Å². The largest absolute Gasteiger partial charge is 0.372 e. The molecule has 3 rings (SSSR count). The van der Waals surface area contributed by atoms with Gasteiger partial charge in [-0.05, 0) is 23.6 Å². The molecule has 2 N–H and O–H groups in total. The minimum atomic E-state index is 0.450. The number of hydrogen-bond acceptors (Lipinski definition) is 4. The van der Waals surface area contributed by atoms with Gasteiger partial charge in [-0.2, -0.15) is 0 Å². The molecule has 2 aliphatic heterocycles. The first-order chi connectivity index (χ1) is 8.31. The Balaban J connectivity index is 1.62. The number of nitrogens with one attached hydrogen (secondary N) is 2. The first kappa shape index (κ1) is 10.6. The van der Waals surface area contributed by atoms with E-state index in [4.69, 9.17) is 4.74 Å². The van der Waals surface area contributed by atoms with Gasteiger partial charge in [-0.25, -0.2) is 0 Å². The summed E-state index contributed by atoms with van der Waals surface area (Å²) in [4.78, 5) is 4.37. The predicted octanol–water partition coefficient (Wildman–Crippen LogP) is 1.15. The molecule has 0 saturated carbocycles. The van der Waals surface area contributed by atoms with Crippen molar-refractivity contribution in [1.29, 1.82) is 0 Å². The summed E-state index contributed by atoms with van der Waals surface area (Å²) < 4.78 is 5.41. The van der Waals surface area contributed by atoms with Crippen LogP contribution in [0.25, 0.3) is 0 Å². The summed E-state index contributed by atoms with van der Waals surface area (Å²) >= 11 is 0. The molecule has 0 saturated heterocycles. The molecule has 90 valence electrons. The second-order valence-corrected chi connectivity index (χ2v) is 4.68. The van der Waals surface area contributed by atoms with E-state index < -0.39 is 0 Å². The lowest BCUT2D eigenvalue weighted by atomic mass is 10.1. The Bertz CT molecular complexity index is 456. The zero-order valence-electron chi connectivity index (χ0n) is 9.99. The van der Waals surface area contributed by atoms with Crippen LogP contribution in [0.3, 0.4) is 0 Å². The van der Waals surface area contributed by atoms with Crippen molar-refractivity contribution >= 4 is 5.96 Å². The number of aliphatic imine (C=N–C) groups is 1. The van der Waals surface area contributed by atoms with Crippen LogP contribution >= 0.6 is 0 Å². The van der Waals surface area contributed by atoms with Crippen LogP contribution in [-0.2, 0) is 24.5 Å². The number of hydrogen-bond donors (Lipinski definition) is 2. The number of benzene rings is 1. The van der Waals surface area contributed by atoms with Crippen molar-refractivity contribution in [3.8, 4) is 0 Å². The summed E-state index contributed by atoms with van der Waals surface area (Å²) in [6.45, 7) is 5.31. The molecule has 1 aromatic rings. The molecule has 0 bridgehead atoms. The van der Waals surface area contributed by atoms with Crippen molar-refractivity contribution in [2.45, 2.75) is 32.7 Å². The monoisotopic (exact) mass is 231 g/mol. The Hall–Kier alpha value is -1.55. The third-order valence-electron chi connectivity index (χ3n) is 3.15. The second-order valence-electron chi connectivity index (χ2n) is 4.68. The van der Waals surface area contributed by atoms with Crippen molar-refractivity contribution in [2.75, 3.05) is 6.54 Å². The Morgan fingerprint density at radius 2 is 2.29 bits per heavy atom. The van der Waals surface area contributed by atoms with E-state index in [1.54, 1.807) is 0 Å². The van der Waals surface area contributed by atoms with E-state index >= 15 is 0 Å². The second kappa shape index (κ2) is 4.37. The number of rotatable bonds is 2. The van der Waals surface area contributed by atoms with Crippen molar-refractivity contribution < 1.29 is 4.74 Å². The Morgan fingerprint density at radius 3 is 3.12 bits per heavy atom. The van der Waals surface area contributed by atoms with Crippen molar-refractivity contribution in [2.24, 2.45) is 4.99 Å². The molecule has 4 heteroatoms. The van der Waals surface area contributed by atoms with Crippen LogP contribution in [-0.4, -0.2) is 18.5 Å². The number of guanidine groups is 1. The molecule has 17 heavy (non-hydrogen) atoms. The maximum Gasteiger partial charge on any atom is 0.191 e. The summed E-state index contributed by atoms with van der Waals surface area (Å²) in [7, 11) is 0. The first-order valence-electron chi connectivity index (χ1n) is 6.04. The molecular formula is C13H17N3O. The molecule has 0 radical (unpaired) electrons. The predicted molar refractivity (Wildman–Crippen MR) is 66.7 cm³/mol. The standard InChI is InChI=1S/C13H17N3O/c1-9-5-14-13(16-9)15-6-10-2-3-11-7-17-8-12(11)4-10/h2-4,9H,5-8H2,1H3,(H2,14,15,16). The highest BCUT2D eigenvalue weighted by Crippen LogP contribution is 2.20. The fourth-order valence-corrected chi connectivity index (χ4v) is 2.18. The van der Waals surface area contributed by atoms with Crippen LogP contribution in [0, 0.1) is 0 Å². The first-order valence-corrected chi connectivity index (χ1v) is 6.04.